The first-order valence-corrected chi connectivity index (χ1v) is 6.81. The number of nitrogens with one attached hydrogen (secondary N) is 1. The Balaban J connectivity index is 2.26. The quantitative estimate of drug-likeness (QED) is 0.520. The fourth-order valence-electron chi connectivity index (χ4n) is 2.36. The zero-order chi connectivity index (χ0) is 15.4. The molecule has 0 unspecified atom stereocenters. The van der Waals surface area contributed by atoms with Crippen LogP contribution in [0.15, 0.2) is 18.2 Å². The number of nitrogens with zero attached hydrogens (tertiary/aromatic N) is 2. The van der Waals surface area contributed by atoms with E-state index < -0.39 is 4.92 Å². The highest BCUT2D eigenvalue weighted by Gasteiger charge is 2.25. The lowest BCUT2D eigenvalue weighted by Crippen LogP contribution is -2.34. The second kappa shape index (κ2) is 6.34. The van der Waals surface area contributed by atoms with Crippen LogP contribution in [-0.4, -0.2) is 28.7 Å². The molecule has 0 atom stereocenters. The maximum Gasteiger partial charge on any atom is 0.292 e. The molecule has 0 aromatic heterocycles. The molecule has 1 aliphatic rings. The molecule has 1 N–H and O–H groups in total. The molecule has 1 saturated heterocycles. The number of hydrogen-bond acceptors (Lipinski definition) is 5. The molecule has 0 radical (unpaired) electrons. The Hall–Kier alpha value is -2.44. The third-order valence-electron chi connectivity index (χ3n) is 3.50. The van der Waals surface area contributed by atoms with Crippen molar-refractivity contribution in [3.05, 3.63) is 33.9 Å². The Morgan fingerprint density at radius 1 is 1.24 bits per heavy atom. The standard InChI is InChI=1S/C14H17N3O4/c1-15-11-7-6-10(8-12(11)17(20)21)9-16-13(18)4-2-3-5-14(16)19/h6-8,15H,2-5,9H2,1H3. The van der Waals surface area contributed by atoms with Crippen LogP contribution in [0, 0.1) is 10.1 Å². The van der Waals surface area contributed by atoms with Crippen LogP contribution in [0.2, 0.25) is 0 Å². The van der Waals surface area contributed by atoms with Crippen molar-refractivity contribution in [1.82, 2.24) is 4.90 Å². The summed E-state index contributed by atoms with van der Waals surface area (Å²) in [4.78, 5) is 35.6. The maximum absolute atomic E-state index is 11.9. The van der Waals surface area contributed by atoms with Gasteiger partial charge < -0.3 is 5.32 Å². The van der Waals surface area contributed by atoms with Gasteiger partial charge in [0.25, 0.3) is 5.69 Å². The number of nitro groups is 1. The lowest BCUT2D eigenvalue weighted by Gasteiger charge is -2.18. The van der Waals surface area contributed by atoms with Gasteiger partial charge in [-0.2, -0.15) is 0 Å². The average molecular weight is 291 g/mol. The topological polar surface area (TPSA) is 92.6 Å². The molecule has 0 saturated carbocycles. The summed E-state index contributed by atoms with van der Waals surface area (Å²) in [6.45, 7) is 0.0858. The Morgan fingerprint density at radius 2 is 1.86 bits per heavy atom. The molecule has 0 aliphatic carbocycles. The normalized spacial score (nSPS) is 15.8. The van der Waals surface area contributed by atoms with Crippen LogP contribution in [0.5, 0.6) is 0 Å². The second-order valence-electron chi connectivity index (χ2n) is 4.94. The van der Waals surface area contributed by atoms with E-state index in [1.54, 1.807) is 19.2 Å². The molecule has 1 aliphatic heterocycles. The molecule has 1 aromatic carbocycles. The van der Waals surface area contributed by atoms with E-state index in [0.717, 1.165) is 0 Å². The molecule has 1 heterocycles. The van der Waals surface area contributed by atoms with Gasteiger partial charge in [0.1, 0.15) is 5.69 Å². The van der Waals surface area contributed by atoms with Crippen molar-refractivity contribution in [1.29, 1.82) is 0 Å². The van der Waals surface area contributed by atoms with Crippen molar-refractivity contribution in [3.8, 4) is 0 Å². The van der Waals surface area contributed by atoms with E-state index in [1.807, 2.05) is 0 Å². The molecule has 7 heteroatoms. The summed E-state index contributed by atoms with van der Waals surface area (Å²) in [6.07, 6.45) is 2.12. The largest absolute Gasteiger partial charge is 0.383 e. The molecule has 21 heavy (non-hydrogen) atoms. The van der Waals surface area contributed by atoms with Crippen molar-refractivity contribution < 1.29 is 14.5 Å². The summed E-state index contributed by atoms with van der Waals surface area (Å²) < 4.78 is 0. The van der Waals surface area contributed by atoms with Crippen molar-refractivity contribution in [2.75, 3.05) is 12.4 Å². The lowest BCUT2D eigenvalue weighted by molar-refractivity contribution is -0.384. The predicted molar refractivity (Wildman–Crippen MR) is 76.7 cm³/mol. The molecular weight excluding hydrogens is 274 g/mol. The first-order valence-electron chi connectivity index (χ1n) is 6.81. The van der Waals surface area contributed by atoms with E-state index >= 15 is 0 Å². The van der Waals surface area contributed by atoms with E-state index in [4.69, 9.17) is 0 Å². The molecule has 2 amide bonds. The fraction of sp³-hybridized carbons (Fsp3) is 0.429. The molecule has 0 bridgehead atoms. The highest BCUT2D eigenvalue weighted by Crippen LogP contribution is 2.26. The molecular formula is C14H17N3O4. The first kappa shape index (κ1) is 15.0. The number of rotatable bonds is 4. The van der Waals surface area contributed by atoms with Gasteiger partial charge in [-0.3, -0.25) is 24.6 Å². The van der Waals surface area contributed by atoms with Gasteiger partial charge in [-0.25, -0.2) is 0 Å². The van der Waals surface area contributed by atoms with Crippen LogP contribution in [-0.2, 0) is 16.1 Å². The van der Waals surface area contributed by atoms with Gasteiger partial charge in [0.15, 0.2) is 0 Å². The molecule has 7 nitrogen and oxygen atoms in total. The summed E-state index contributed by atoms with van der Waals surface area (Å²) >= 11 is 0. The van der Waals surface area contributed by atoms with Crippen LogP contribution in [0.3, 0.4) is 0 Å². The fourth-order valence-corrected chi connectivity index (χ4v) is 2.36. The van der Waals surface area contributed by atoms with E-state index in [1.165, 1.54) is 11.0 Å². The van der Waals surface area contributed by atoms with Crippen molar-refractivity contribution in [2.45, 2.75) is 32.2 Å². The van der Waals surface area contributed by atoms with Gasteiger partial charge in [-0.1, -0.05) is 6.07 Å². The van der Waals surface area contributed by atoms with Crippen LogP contribution in [0.1, 0.15) is 31.2 Å². The van der Waals surface area contributed by atoms with Crippen LogP contribution >= 0.6 is 0 Å². The van der Waals surface area contributed by atoms with E-state index in [-0.39, 0.29) is 24.0 Å². The number of nitro benzene ring substituents is 1. The number of amides is 2. The summed E-state index contributed by atoms with van der Waals surface area (Å²) in [5, 5.41) is 13.8. The van der Waals surface area contributed by atoms with Crippen molar-refractivity contribution in [3.63, 3.8) is 0 Å². The van der Waals surface area contributed by atoms with Gasteiger partial charge in [0.2, 0.25) is 11.8 Å². The average Bonchev–Trinajstić information content (AvgIpc) is 2.62. The maximum atomic E-state index is 11.9. The molecule has 0 spiro atoms. The minimum Gasteiger partial charge on any atom is -0.383 e. The summed E-state index contributed by atoms with van der Waals surface area (Å²) in [6, 6.07) is 4.67. The first-order chi connectivity index (χ1) is 10.0. The number of benzene rings is 1. The molecule has 1 fully saturated rings. The van der Waals surface area contributed by atoms with Crippen LogP contribution in [0.25, 0.3) is 0 Å². The number of likely N-dealkylation sites (tertiary alicyclic amines) is 1. The van der Waals surface area contributed by atoms with Crippen LogP contribution in [0.4, 0.5) is 11.4 Å². The number of imide groups is 1. The Bertz CT molecular complexity index is 568. The van der Waals surface area contributed by atoms with Gasteiger partial charge in [-0.05, 0) is 24.5 Å². The number of anilines is 1. The summed E-state index contributed by atoms with van der Waals surface area (Å²) in [7, 11) is 1.60. The minimum absolute atomic E-state index is 0.0651. The van der Waals surface area contributed by atoms with Gasteiger partial charge in [0.05, 0.1) is 11.5 Å². The predicted octanol–water partition coefficient (Wildman–Crippen LogP) is 2.07. The SMILES string of the molecule is CNc1ccc(CN2C(=O)CCCCC2=O)cc1[N+](=O)[O-]. The van der Waals surface area contributed by atoms with Crippen LogP contribution < -0.4 is 5.32 Å². The van der Waals surface area contributed by atoms with Gasteiger partial charge >= 0.3 is 0 Å². The second-order valence-corrected chi connectivity index (χ2v) is 4.94. The van der Waals surface area contributed by atoms with Gasteiger partial charge in [-0.15, -0.1) is 0 Å². The summed E-state index contributed by atoms with van der Waals surface area (Å²) in [5.74, 6) is -0.421. The Morgan fingerprint density at radius 3 is 2.38 bits per heavy atom. The zero-order valence-corrected chi connectivity index (χ0v) is 11.8. The Labute approximate surface area is 122 Å². The molecule has 112 valence electrons. The lowest BCUT2D eigenvalue weighted by atomic mass is 10.1. The van der Waals surface area contributed by atoms with E-state index in [2.05, 4.69) is 5.32 Å². The zero-order valence-electron chi connectivity index (χ0n) is 11.8. The third-order valence-corrected chi connectivity index (χ3v) is 3.50. The third kappa shape index (κ3) is 3.36. The number of carbonyl (C=O) groups is 2. The smallest absolute Gasteiger partial charge is 0.292 e. The monoisotopic (exact) mass is 291 g/mol. The van der Waals surface area contributed by atoms with Gasteiger partial charge in [0, 0.05) is 26.0 Å². The van der Waals surface area contributed by atoms with E-state index in [0.29, 0.717) is 36.9 Å². The Kier molecular flexibility index (Phi) is 4.52. The molecule has 1 aromatic rings. The minimum atomic E-state index is -0.485. The summed E-state index contributed by atoms with van der Waals surface area (Å²) in [5.41, 5.74) is 0.909. The number of hydrogen-bond donors (Lipinski definition) is 1. The highest BCUT2D eigenvalue weighted by atomic mass is 16.6. The molecule has 2 rings (SSSR count). The van der Waals surface area contributed by atoms with Crippen molar-refractivity contribution >= 4 is 23.2 Å². The van der Waals surface area contributed by atoms with Crippen molar-refractivity contribution in [2.24, 2.45) is 0 Å². The highest BCUT2D eigenvalue weighted by molar-refractivity contribution is 5.96. The van der Waals surface area contributed by atoms with E-state index in [9.17, 15) is 19.7 Å². The number of carbonyl (C=O) groups excluding carboxylic acids is 2.